The number of sulfonamides is 1. The van der Waals surface area contributed by atoms with Crippen LogP contribution in [0.2, 0.25) is 0 Å². The molecule has 1 aliphatic rings. The number of nitrogens with one attached hydrogen (secondary N) is 1. The normalized spacial score (nSPS) is 16.0. The highest BCUT2D eigenvalue weighted by Crippen LogP contribution is 2.27. The van der Waals surface area contributed by atoms with Gasteiger partial charge in [-0.2, -0.15) is 0 Å². The topological polar surface area (TPSA) is 62.3 Å². The molecule has 4 rings (SSSR count). The lowest BCUT2D eigenvalue weighted by Crippen LogP contribution is -2.25. The van der Waals surface area contributed by atoms with Crippen molar-refractivity contribution < 1.29 is 12.8 Å². The predicted octanol–water partition coefficient (Wildman–Crippen LogP) is 3.83. The van der Waals surface area contributed by atoms with Crippen molar-refractivity contribution in [2.24, 2.45) is 0 Å². The number of anilines is 2. The summed E-state index contributed by atoms with van der Waals surface area (Å²) in [5.41, 5.74) is 3.52. The van der Waals surface area contributed by atoms with Crippen LogP contribution in [-0.2, 0) is 16.6 Å². The van der Waals surface area contributed by atoms with E-state index in [0.29, 0.717) is 30.7 Å². The molecule has 1 N–H and O–H groups in total. The third kappa shape index (κ3) is 3.47. The standard InChI is InChI=1S/C20H20FN3O2S/c1-14-11-19(17-7-3-8-18(21)20(17)23-14)22-13-15-5-2-6-16(12-15)24-9-4-10-27(24,25)26/h2-3,5-8,11-12H,4,9-10,13H2,1H3,(H,22,23). The molecule has 2 heterocycles. The van der Waals surface area contributed by atoms with E-state index < -0.39 is 10.0 Å². The second-order valence-electron chi connectivity index (χ2n) is 6.71. The summed E-state index contributed by atoms with van der Waals surface area (Å²) in [6.07, 6.45) is 0.651. The van der Waals surface area contributed by atoms with Gasteiger partial charge in [0.2, 0.25) is 10.0 Å². The summed E-state index contributed by atoms with van der Waals surface area (Å²) in [6.45, 7) is 2.85. The van der Waals surface area contributed by atoms with Gasteiger partial charge in [0, 0.05) is 29.9 Å². The van der Waals surface area contributed by atoms with Gasteiger partial charge in [0.25, 0.3) is 0 Å². The molecule has 5 nitrogen and oxygen atoms in total. The SMILES string of the molecule is Cc1cc(NCc2cccc(N3CCCS3(=O)=O)c2)c2cccc(F)c2n1. The van der Waals surface area contributed by atoms with Gasteiger partial charge in [-0.1, -0.05) is 24.3 Å². The van der Waals surface area contributed by atoms with Gasteiger partial charge in [0.05, 0.1) is 11.4 Å². The molecule has 1 aromatic heterocycles. The van der Waals surface area contributed by atoms with Gasteiger partial charge in [0.1, 0.15) is 11.3 Å². The summed E-state index contributed by atoms with van der Waals surface area (Å²) in [5, 5.41) is 4.06. The van der Waals surface area contributed by atoms with E-state index in [1.807, 2.05) is 43.3 Å². The number of halogens is 1. The molecular weight excluding hydrogens is 365 g/mol. The molecule has 2 aromatic carbocycles. The maximum Gasteiger partial charge on any atom is 0.235 e. The smallest absolute Gasteiger partial charge is 0.235 e. The first-order valence-electron chi connectivity index (χ1n) is 8.83. The quantitative estimate of drug-likeness (QED) is 0.741. The minimum absolute atomic E-state index is 0.198. The Labute approximate surface area is 157 Å². The number of nitrogens with zero attached hydrogens (tertiary/aromatic N) is 2. The lowest BCUT2D eigenvalue weighted by molar-refractivity contribution is 0.599. The van der Waals surface area contributed by atoms with Crippen LogP contribution in [-0.4, -0.2) is 25.7 Å². The number of rotatable bonds is 4. The van der Waals surface area contributed by atoms with E-state index >= 15 is 0 Å². The van der Waals surface area contributed by atoms with Crippen LogP contribution < -0.4 is 9.62 Å². The third-order valence-corrected chi connectivity index (χ3v) is 6.57. The van der Waals surface area contributed by atoms with Crippen molar-refractivity contribution in [3.8, 4) is 0 Å². The molecule has 0 aliphatic carbocycles. The molecule has 0 amide bonds. The number of aryl methyl sites for hydroxylation is 1. The summed E-state index contributed by atoms with van der Waals surface area (Å²) >= 11 is 0. The fourth-order valence-electron chi connectivity index (χ4n) is 3.44. The minimum atomic E-state index is -3.20. The number of benzene rings is 2. The highest BCUT2D eigenvalue weighted by atomic mass is 32.2. The predicted molar refractivity (Wildman–Crippen MR) is 106 cm³/mol. The van der Waals surface area contributed by atoms with Gasteiger partial charge >= 0.3 is 0 Å². The first-order valence-corrected chi connectivity index (χ1v) is 10.4. The molecule has 0 bridgehead atoms. The number of aromatic nitrogens is 1. The second kappa shape index (κ2) is 6.81. The molecule has 3 aromatic rings. The Balaban J connectivity index is 1.61. The van der Waals surface area contributed by atoms with E-state index in [0.717, 1.165) is 22.3 Å². The Morgan fingerprint density at radius 3 is 2.78 bits per heavy atom. The van der Waals surface area contributed by atoms with Crippen molar-refractivity contribution >= 4 is 32.3 Å². The molecule has 0 radical (unpaired) electrons. The number of hydrogen-bond acceptors (Lipinski definition) is 4. The average Bonchev–Trinajstić information content (AvgIpc) is 3.00. The number of para-hydroxylation sites is 1. The second-order valence-corrected chi connectivity index (χ2v) is 8.73. The molecule has 0 spiro atoms. The number of pyridine rings is 1. The zero-order valence-electron chi connectivity index (χ0n) is 14.9. The molecule has 7 heteroatoms. The van der Waals surface area contributed by atoms with E-state index in [-0.39, 0.29) is 11.6 Å². The fourth-order valence-corrected chi connectivity index (χ4v) is 4.99. The Morgan fingerprint density at radius 2 is 2.00 bits per heavy atom. The highest BCUT2D eigenvalue weighted by Gasteiger charge is 2.28. The summed E-state index contributed by atoms with van der Waals surface area (Å²) in [6, 6.07) is 14.3. The van der Waals surface area contributed by atoms with Crippen molar-refractivity contribution in [2.75, 3.05) is 21.9 Å². The molecule has 1 fully saturated rings. The zero-order valence-corrected chi connectivity index (χ0v) is 15.8. The van der Waals surface area contributed by atoms with Crippen LogP contribution in [0, 0.1) is 12.7 Å². The van der Waals surface area contributed by atoms with Crippen molar-refractivity contribution in [2.45, 2.75) is 19.9 Å². The largest absolute Gasteiger partial charge is 0.380 e. The van der Waals surface area contributed by atoms with E-state index in [1.54, 1.807) is 6.07 Å². The van der Waals surface area contributed by atoms with Gasteiger partial charge in [-0.25, -0.2) is 17.8 Å². The van der Waals surface area contributed by atoms with Crippen LogP contribution >= 0.6 is 0 Å². The zero-order chi connectivity index (χ0) is 19.0. The third-order valence-electron chi connectivity index (χ3n) is 4.70. The van der Waals surface area contributed by atoms with Crippen LogP contribution in [0.15, 0.2) is 48.5 Å². The van der Waals surface area contributed by atoms with Crippen molar-refractivity contribution in [1.82, 2.24) is 4.98 Å². The van der Waals surface area contributed by atoms with Gasteiger partial charge < -0.3 is 5.32 Å². The highest BCUT2D eigenvalue weighted by molar-refractivity contribution is 7.93. The van der Waals surface area contributed by atoms with Gasteiger partial charge in [0.15, 0.2) is 0 Å². The summed E-state index contributed by atoms with van der Waals surface area (Å²) in [7, 11) is -3.20. The fraction of sp³-hybridized carbons (Fsp3) is 0.250. The van der Waals surface area contributed by atoms with E-state index in [4.69, 9.17) is 0 Å². The lowest BCUT2D eigenvalue weighted by Gasteiger charge is -2.18. The number of hydrogen-bond donors (Lipinski definition) is 1. The molecule has 1 aliphatic heterocycles. The molecule has 27 heavy (non-hydrogen) atoms. The summed E-state index contributed by atoms with van der Waals surface area (Å²) in [4.78, 5) is 4.28. The van der Waals surface area contributed by atoms with Gasteiger partial charge in [-0.05, 0) is 43.2 Å². The van der Waals surface area contributed by atoms with Crippen molar-refractivity contribution in [3.63, 3.8) is 0 Å². The van der Waals surface area contributed by atoms with Crippen molar-refractivity contribution in [1.29, 1.82) is 0 Å². The maximum atomic E-state index is 14.1. The van der Waals surface area contributed by atoms with Crippen LogP contribution in [0.3, 0.4) is 0 Å². The first-order chi connectivity index (χ1) is 12.9. The van der Waals surface area contributed by atoms with E-state index in [2.05, 4.69) is 10.3 Å². The van der Waals surface area contributed by atoms with Gasteiger partial charge in [-0.15, -0.1) is 0 Å². The van der Waals surface area contributed by atoms with E-state index in [1.165, 1.54) is 10.4 Å². The average molecular weight is 385 g/mol. The summed E-state index contributed by atoms with van der Waals surface area (Å²) < 4.78 is 39.8. The molecule has 0 unspecified atom stereocenters. The molecule has 1 saturated heterocycles. The Hall–Kier alpha value is -2.67. The van der Waals surface area contributed by atoms with Crippen LogP contribution in [0.4, 0.5) is 15.8 Å². The van der Waals surface area contributed by atoms with Gasteiger partial charge in [-0.3, -0.25) is 4.31 Å². The maximum absolute atomic E-state index is 14.1. The van der Waals surface area contributed by atoms with E-state index in [9.17, 15) is 12.8 Å². The first kappa shape index (κ1) is 17.7. The molecular formula is C20H20FN3O2S. The summed E-state index contributed by atoms with van der Waals surface area (Å²) in [5.74, 6) is -0.149. The molecule has 0 saturated carbocycles. The molecule has 140 valence electrons. The monoisotopic (exact) mass is 385 g/mol. The molecule has 0 atom stereocenters. The minimum Gasteiger partial charge on any atom is -0.380 e. The van der Waals surface area contributed by atoms with Crippen LogP contribution in [0.1, 0.15) is 17.7 Å². The lowest BCUT2D eigenvalue weighted by atomic mass is 10.1. The van der Waals surface area contributed by atoms with Crippen molar-refractivity contribution in [3.05, 3.63) is 65.6 Å². The van der Waals surface area contributed by atoms with Crippen LogP contribution in [0.25, 0.3) is 10.9 Å². The van der Waals surface area contributed by atoms with Crippen LogP contribution in [0.5, 0.6) is 0 Å². The Morgan fingerprint density at radius 1 is 1.19 bits per heavy atom. The number of fused-ring (bicyclic) bond motifs is 1. The Kier molecular flexibility index (Phi) is 4.47. The Bertz CT molecular complexity index is 1120.